The van der Waals surface area contributed by atoms with Crippen LogP contribution in [0.4, 0.5) is 0 Å². The molecule has 1 aromatic carbocycles. The molecule has 0 spiro atoms. The number of aromatic nitrogens is 2. The summed E-state index contributed by atoms with van der Waals surface area (Å²) < 4.78 is 5.71. The van der Waals surface area contributed by atoms with E-state index in [1.54, 1.807) is 6.07 Å². The van der Waals surface area contributed by atoms with Crippen molar-refractivity contribution in [1.82, 2.24) is 9.97 Å². The number of ether oxygens (including phenoxy) is 1. The average molecular weight is 259 g/mol. The molecule has 0 atom stereocenters. The van der Waals surface area contributed by atoms with Crippen molar-refractivity contribution in [3.05, 3.63) is 40.4 Å². The van der Waals surface area contributed by atoms with Crippen LogP contribution in [-0.4, -0.2) is 22.6 Å². The summed E-state index contributed by atoms with van der Waals surface area (Å²) in [6, 6.07) is 7.30. The number of aromatic amines is 1. The predicted molar refractivity (Wildman–Crippen MR) is 72.7 cm³/mol. The molecule has 3 rings (SSSR count). The van der Waals surface area contributed by atoms with E-state index in [2.05, 4.69) is 9.97 Å². The van der Waals surface area contributed by atoms with Crippen LogP contribution in [-0.2, 0) is 11.3 Å². The van der Waals surface area contributed by atoms with Crippen molar-refractivity contribution in [3.63, 3.8) is 0 Å². The van der Waals surface area contributed by atoms with E-state index in [1.165, 1.54) is 0 Å². The Balaban J connectivity index is 1.70. The molecule has 0 aliphatic heterocycles. The second-order valence-electron chi connectivity index (χ2n) is 5.04. The van der Waals surface area contributed by atoms with Gasteiger partial charge in [-0.2, -0.15) is 0 Å². The number of fused-ring (bicyclic) bond motifs is 1. The fraction of sp³-hybridized carbons (Fsp3) is 0.429. The molecule has 100 valence electrons. The van der Waals surface area contributed by atoms with Crippen LogP contribution in [0.2, 0.25) is 0 Å². The summed E-state index contributed by atoms with van der Waals surface area (Å²) in [5.41, 5.74) is 6.16. The summed E-state index contributed by atoms with van der Waals surface area (Å²) in [5.74, 6) is 1.17. The van der Waals surface area contributed by atoms with Crippen LogP contribution >= 0.6 is 0 Å². The smallest absolute Gasteiger partial charge is 0.258 e. The molecule has 1 aliphatic rings. The number of nitrogens with two attached hydrogens (primary N) is 1. The topological polar surface area (TPSA) is 81.0 Å². The summed E-state index contributed by atoms with van der Waals surface area (Å²) in [7, 11) is 0. The first kappa shape index (κ1) is 12.3. The minimum atomic E-state index is -0.113. The number of nitrogens with zero attached hydrogens (tertiary/aromatic N) is 1. The Labute approximate surface area is 110 Å². The van der Waals surface area contributed by atoms with Gasteiger partial charge in [-0.25, -0.2) is 4.98 Å². The van der Waals surface area contributed by atoms with Crippen LogP contribution in [0.3, 0.4) is 0 Å². The standard InChI is InChI=1S/C14H17N3O2/c15-7-9-5-10(6-9)19-8-13-16-12-4-2-1-3-11(12)14(18)17-13/h1-4,9-10H,5-8,15H2,(H,16,17,18). The second-order valence-corrected chi connectivity index (χ2v) is 5.04. The third kappa shape index (κ3) is 2.52. The fourth-order valence-corrected chi connectivity index (χ4v) is 2.40. The summed E-state index contributed by atoms with van der Waals surface area (Å²) in [6.45, 7) is 1.08. The zero-order valence-electron chi connectivity index (χ0n) is 10.6. The molecule has 1 heterocycles. The number of H-pyrrole nitrogens is 1. The van der Waals surface area contributed by atoms with E-state index in [1.807, 2.05) is 18.2 Å². The first-order valence-corrected chi connectivity index (χ1v) is 6.56. The quantitative estimate of drug-likeness (QED) is 0.863. The summed E-state index contributed by atoms with van der Waals surface area (Å²) in [4.78, 5) is 19.0. The molecule has 1 saturated carbocycles. The third-order valence-electron chi connectivity index (χ3n) is 3.64. The molecular weight excluding hydrogens is 242 g/mol. The zero-order chi connectivity index (χ0) is 13.2. The number of hydrogen-bond acceptors (Lipinski definition) is 4. The highest BCUT2D eigenvalue weighted by Crippen LogP contribution is 2.29. The van der Waals surface area contributed by atoms with Crippen molar-refractivity contribution >= 4 is 10.9 Å². The molecule has 0 amide bonds. The van der Waals surface area contributed by atoms with Gasteiger partial charge in [-0.1, -0.05) is 12.1 Å². The van der Waals surface area contributed by atoms with Crippen molar-refractivity contribution in [2.75, 3.05) is 6.54 Å². The van der Waals surface area contributed by atoms with E-state index < -0.39 is 0 Å². The van der Waals surface area contributed by atoms with Gasteiger partial charge in [0.25, 0.3) is 5.56 Å². The van der Waals surface area contributed by atoms with Crippen LogP contribution in [0.1, 0.15) is 18.7 Å². The normalized spacial score (nSPS) is 22.4. The Morgan fingerprint density at radius 3 is 2.95 bits per heavy atom. The van der Waals surface area contributed by atoms with Gasteiger partial charge in [0.2, 0.25) is 0 Å². The van der Waals surface area contributed by atoms with Gasteiger partial charge in [0.1, 0.15) is 12.4 Å². The average Bonchev–Trinajstić information content (AvgIpc) is 2.37. The van der Waals surface area contributed by atoms with Crippen LogP contribution in [0.25, 0.3) is 10.9 Å². The van der Waals surface area contributed by atoms with E-state index in [9.17, 15) is 4.79 Å². The highest BCUT2D eigenvalue weighted by molar-refractivity contribution is 5.77. The monoisotopic (exact) mass is 259 g/mol. The largest absolute Gasteiger partial charge is 0.370 e. The van der Waals surface area contributed by atoms with Gasteiger partial charge in [0.05, 0.1) is 17.0 Å². The lowest BCUT2D eigenvalue weighted by Gasteiger charge is -2.34. The molecule has 0 unspecified atom stereocenters. The van der Waals surface area contributed by atoms with E-state index >= 15 is 0 Å². The molecule has 1 fully saturated rings. The fourth-order valence-electron chi connectivity index (χ4n) is 2.40. The number of rotatable bonds is 4. The summed E-state index contributed by atoms with van der Waals surface area (Å²) >= 11 is 0. The summed E-state index contributed by atoms with van der Waals surface area (Å²) in [6.07, 6.45) is 2.27. The Kier molecular flexibility index (Phi) is 3.31. The Morgan fingerprint density at radius 1 is 1.37 bits per heavy atom. The van der Waals surface area contributed by atoms with Gasteiger partial charge in [-0.05, 0) is 37.4 Å². The van der Waals surface area contributed by atoms with Gasteiger partial charge in [-0.15, -0.1) is 0 Å². The van der Waals surface area contributed by atoms with Gasteiger partial charge >= 0.3 is 0 Å². The van der Waals surface area contributed by atoms with Crippen molar-refractivity contribution in [1.29, 1.82) is 0 Å². The maximum Gasteiger partial charge on any atom is 0.258 e. The molecule has 0 bridgehead atoms. The van der Waals surface area contributed by atoms with Gasteiger partial charge in [-0.3, -0.25) is 4.79 Å². The minimum Gasteiger partial charge on any atom is -0.370 e. The molecule has 1 aliphatic carbocycles. The zero-order valence-corrected chi connectivity index (χ0v) is 10.6. The van der Waals surface area contributed by atoms with Crippen molar-refractivity contribution in [2.24, 2.45) is 11.7 Å². The first-order chi connectivity index (χ1) is 9.26. The number of hydrogen-bond donors (Lipinski definition) is 2. The lowest BCUT2D eigenvalue weighted by molar-refractivity contribution is -0.0399. The van der Waals surface area contributed by atoms with Crippen LogP contribution < -0.4 is 11.3 Å². The van der Waals surface area contributed by atoms with Crippen LogP contribution in [0.15, 0.2) is 29.1 Å². The molecule has 5 nitrogen and oxygen atoms in total. The molecule has 19 heavy (non-hydrogen) atoms. The molecule has 0 saturated heterocycles. The van der Waals surface area contributed by atoms with Crippen LogP contribution in [0, 0.1) is 5.92 Å². The van der Waals surface area contributed by atoms with Crippen molar-refractivity contribution in [3.8, 4) is 0 Å². The van der Waals surface area contributed by atoms with Gasteiger partial charge in [0.15, 0.2) is 0 Å². The maximum atomic E-state index is 11.9. The molecule has 5 heteroatoms. The molecule has 0 radical (unpaired) electrons. The SMILES string of the molecule is NCC1CC(OCc2nc3ccccc3c(=O)[nH]2)C1. The second kappa shape index (κ2) is 5.11. The molecule has 2 aromatic rings. The molecular formula is C14H17N3O2. The lowest BCUT2D eigenvalue weighted by atomic mass is 9.82. The molecule has 1 aromatic heterocycles. The number of para-hydroxylation sites is 1. The highest BCUT2D eigenvalue weighted by atomic mass is 16.5. The highest BCUT2D eigenvalue weighted by Gasteiger charge is 2.28. The Hall–Kier alpha value is -1.72. The number of benzene rings is 1. The first-order valence-electron chi connectivity index (χ1n) is 6.56. The van der Waals surface area contributed by atoms with Crippen molar-refractivity contribution in [2.45, 2.75) is 25.6 Å². The van der Waals surface area contributed by atoms with E-state index in [4.69, 9.17) is 10.5 Å². The van der Waals surface area contributed by atoms with Gasteiger partial charge in [0, 0.05) is 0 Å². The lowest BCUT2D eigenvalue weighted by Crippen LogP contribution is -2.35. The Morgan fingerprint density at radius 2 is 2.16 bits per heavy atom. The number of nitrogens with one attached hydrogen (secondary N) is 1. The van der Waals surface area contributed by atoms with E-state index in [0.717, 1.165) is 19.4 Å². The van der Waals surface area contributed by atoms with E-state index in [-0.39, 0.29) is 11.7 Å². The third-order valence-corrected chi connectivity index (χ3v) is 3.64. The van der Waals surface area contributed by atoms with E-state index in [0.29, 0.717) is 29.3 Å². The van der Waals surface area contributed by atoms with Crippen LogP contribution in [0.5, 0.6) is 0 Å². The van der Waals surface area contributed by atoms with Gasteiger partial charge < -0.3 is 15.5 Å². The molecule has 3 N–H and O–H groups in total. The van der Waals surface area contributed by atoms with Crippen molar-refractivity contribution < 1.29 is 4.74 Å². The maximum absolute atomic E-state index is 11.9. The Bertz CT molecular complexity index is 632. The minimum absolute atomic E-state index is 0.113. The predicted octanol–water partition coefficient (Wildman–Crippen LogP) is 1.18. The summed E-state index contributed by atoms with van der Waals surface area (Å²) in [5, 5.41) is 0.609.